The highest BCUT2D eigenvalue weighted by Crippen LogP contribution is 2.19. The molecule has 0 atom stereocenters. The largest absolute Gasteiger partial charge is 0.497 e. The Morgan fingerprint density at radius 2 is 1.70 bits per heavy atom. The summed E-state index contributed by atoms with van der Waals surface area (Å²) in [6.45, 7) is 5.76. The van der Waals surface area contributed by atoms with Crippen LogP contribution in [0, 0.1) is 0 Å². The maximum Gasteiger partial charge on any atom is 0.253 e. The maximum atomic E-state index is 12.4. The van der Waals surface area contributed by atoms with E-state index < -0.39 is 0 Å². The Kier molecular flexibility index (Phi) is 7.30. The van der Waals surface area contributed by atoms with Crippen LogP contribution < -0.4 is 15.4 Å². The Labute approximate surface area is 164 Å². The third kappa shape index (κ3) is 6.98. The number of hydrogen-bond acceptors (Lipinski definition) is 4. The minimum atomic E-state index is -0.345. The highest BCUT2D eigenvalue weighted by atomic mass is 32.2. The summed E-state index contributed by atoms with van der Waals surface area (Å²) in [6, 6.07) is 14.8. The maximum absolute atomic E-state index is 12.4. The molecule has 2 amide bonds. The molecule has 0 fully saturated rings. The average Bonchev–Trinajstić information content (AvgIpc) is 2.61. The zero-order chi connectivity index (χ0) is 19.9. The molecule has 144 valence electrons. The smallest absolute Gasteiger partial charge is 0.253 e. The number of para-hydroxylation sites is 1. The van der Waals surface area contributed by atoms with Gasteiger partial charge in [0.05, 0.1) is 24.1 Å². The monoisotopic (exact) mass is 386 g/mol. The van der Waals surface area contributed by atoms with E-state index in [1.807, 2.05) is 45.0 Å². The molecule has 0 heterocycles. The highest BCUT2D eigenvalue weighted by molar-refractivity contribution is 7.99. The first kappa shape index (κ1) is 20.8. The zero-order valence-electron chi connectivity index (χ0n) is 16.2. The Hall–Kier alpha value is -2.47. The molecular weight excluding hydrogens is 360 g/mol. The van der Waals surface area contributed by atoms with Crippen LogP contribution in [0.3, 0.4) is 0 Å². The number of rotatable bonds is 7. The van der Waals surface area contributed by atoms with Gasteiger partial charge in [0, 0.05) is 11.3 Å². The Morgan fingerprint density at radius 1 is 1.04 bits per heavy atom. The molecule has 0 spiro atoms. The van der Waals surface area contributed by atoms with Crippen molar-refractivity contribution < 1.29 is 14.3 Å². The lowest BCUT2D eigenvalue weighted by Gasteiger charge is -2.21. The number of carbonyl (C=O) groups excluding carboxylic acids is 2. The quantitative estimate of drug-likeness (QED) is 0.752. The van der Waals surface area contributed by atoms with Gasteiger partial charge in [-0.05, 0) is 50.6 Å². The van der Waals surface area contributed by atoms with Crippen LogP contribution in [-0.2, 0) is 10.5 Å². The fourth-order valence-electron chi connectivity index (χ4n) is 2.37. The predicted octanol–water partition coefficient (Wildman–Crippen LogP) is 4.10. The van der Waals surface area contributed by atoms with Crippen LogP contribution in [0.1, 0.15) is 36.7 Å². The minimum absolute atomic E-state index is 0.135. The van der Waals surface area contributed by atoms with Gasteiger partial charge in [0.2, 0.25) is 5.91 Å². The SMILES string of the molecule is COc1ccc(CSCC(=O)Nc2ccccc2C(=O)NC(C)(C)C)cc1. The summed E-state index contributed by atoms with van der Waals surface area (Å²) in [7, 11) is 1.63. The molecule has 2 aromatic rings. The number of hydrogen-bond donors (Lipinski definition) is 2. The number of nitrogens with one attached hydrogen (secondary N) is 2. The molecule has 0 radical (unpaired) electrons. The number of amides is 2. The Bertz CT molecular complexity index is 783. The Morgan fingerprint density at radius 3 is 2.33 bits per heavy atom. The molecule has 5 nitrogen and oxygen atoms in total. The lowest BCUT2D eigenvalue weighted by Crippen LogP contribution is -2.40. The molecule has 6 heteroatoms. The molecule has 2 rings (SSSR count). The summed E-state index contributed by atoms with van der Waals surface area (Å²) >= 11 is 1.52. The third-order valence-electron chi connectivity index (χ3n) is 3.60. The summed E-state index contributed by atoms with van der Waals surface area (Å²) in [5.74, 6) is 1.51. The molecule has 2 N–H and O–H groups in total. The van der Waals surface area contributed by atoms with Crippen LogP contribution in [0.4, 0.5) is 5.69 Å². The topological polar surface area (TPSA) is 67.4 Å². The van der Waals surface area contributed by atoms with Crippen LogP contribution in [0.5, 0.6) is 5.75 Å². The van der Waals surface area contributed by atoms with Gasteiger partial charge in [-0.25, -0.2) is 0 Å². The van der Waals surface area contributed by atoms with Crippen LogP contribution in [-0.4, -0.2) is 30.2 Å². The van der Waals surface area contributed by atoms with Crippen LogP contribution in [0.25, 0.3) is 0 Å². The van der Waals surface area contributed by atoms with Gasteiger partial charge in [0.25, 0.3) is 5.91 Å². The van der Waals surface area contributed by atoms with E-state index in [0.29, 0.717) is 17.0 Å². The zero-order valence-corrected chi connectivity index (χ0v) is 17.0. The van der Waals surface area contributed by atoms with Gasteiger partial charge in [-0.1, -0.05) is 24.3 Å². The number of methoxy groups -OCH3 is 1. The van der Waals surface area contributed by atoms with Gasteiger partial charge in [0.1, 0.15) is 5.75 Å². The molecular formula is C21H26N2O3S. The molecule has 0 aliphatic rings. The van der Waals surface area contributed by atoms with E-state index in [0.717, 1.165) is 17.1 Å². The van der Waals surface area contributed by atoms with E-state index in [2.05, 4.69) is 10.6 Å². The van der Waals surface area contributed by atoms with Crippen molar-refractivity contribution in [1.29, 1.82) is 0 Å². The van der Waals surface area contributed by atoms with E-state index >= 15 is 0 Å². The normalized spacial score (nSPS) is 11.0. The van der Waals surface area contributed by atoms with Crippen molar-refractivity contribution in [2.75, 3.05) is 18.2 Å². The van der Waals surface area contributed by atoms with Crippen molar-refractivity contribution in [3.05, 3.63) is 59.7 Å². The summed E-state index contributed by atoms with van der Waals surface area (Å²) in [6.07, 6.45) is 0. The first-order valence-electron chi connectivity index (χ1n) is 8.70. The van der Waals surface area contributed by atoms with Gasteiger partial charge >= 0.3 is 0 Å². The summed E-state index contributed by atoms with van der Waals surface area (Å²) in [5, 5.41) is 5.76. The van der Waals surface area contributed by atoms with E-state index in [4.69, 9.17) is 4.74 Å². The van der Waals surface area contributed by atoms with Crippen molar-refractivity contribution in [2.45, 2.75) is 32.1 Å². The van der Waals surface area contributed by atoms with Gasteiger partial charge in [-0.2, -0.15) is 0 Å². The molecule has 0 unspecified atom stereocenters. The lowest BCUT2D eigenvalue weighted by molar-refractivity contribution is -0.113. The highest BCUT2D eigenvalue weighted by Gasteiger charge is 2.18. The summed E-state index contributed by atoms with van der Waals surface area (Å²) in [5.41, 5.74) is 1.76. The number of carbonyl (C=O) groups is 2. The fraction of sp³-hybridized carbons (Fsp3) is 0.333. The lowest BCUT2D eigenvalue weighted by atomic mass is 10.1. The van der Waals surface area contributed by atoms with Gasteiger partial charge in [-0.15, -0.1) is 11.8 Å². The Balaban J connectivity index is 1.90. The molecule has 0 saturated carbocycles. The van der Waals surface area contributed by atoms with E-state index in [9.17, 15) is 9.59 Å². The van der Waals surface area contributed by atoms with Crippen molar-refractivity contribution in [1.82, 2.24) is 5.32 Å². The number of anilines is 1. The van der Waals surface area contributed by atoms with Crippen molar-refractivity contribution >= 4 is 29.3 Å². The molecule has 0 aliphatic carbocycles. The fourth-order valence-corrected chi connectivity index (χ4v) is 3.16. The average molecular weight is 387 g/mol. The van der Waals surface area contributed by atoms with Crippen molar-refractivity contribution in [2.24, 2.45) is 0 Å². The minimum Gasteiger partial charge on any atom is -0.497 e. The van der Waals surface area contributed by atoms with Crippen molar-refractivity contribution in [3.63, 3.8) is 0 Å². The second-order valence-electron chi connectivity index (χ2n) is 7.14. The van der Waals surface area contributed by atoms with Gasteiger partial charge in [0.15, 0.2) is 0 Å². The van der Waals surface area contributed by atoms with E-state index in [-0.39, 0.29) is 17.4 Å². The molecule has 2 aromatic carbocycles. The molecule has 0 aromatic heterocycles. The standard InChI is InChI=1S/C21H26N2O3S/c1-21(2,3)23-20(25)17-7-5-6-8-18(17)22-19(24)14-27-13-15-9-11-16(26-4)12-10-15/h5-12H,13-14H2,1-4H3,(H,22,24)(H,23,25). The third-order valence-corrected chi connectivity index (χ3v) is 4.60. The first-order chi connectivity index (χ1) is 12.8. The van der Waals surface area contributed by atoms with E-state index in [1.54, 1.807) is 31.4 Å². The van der Waals surface area contributed by atoms with Gasteiger partial charge in [-0.3, -0.25) is 9.59 Å². The van der Waals surface area contributed by atoms with Crippen LogP contribution in [0.2, 0.25) is 0 Å². The second kappa shape index (κ2) is 9.46. The summed E-state index contributed by atoms with van der Waals surface area (Å²) in [4.78, 5) is 24.7. The first-order valence-corrected chi connectivity index (χ1v) is 9.86. The molecule has 27 heavy (non-hydrogen) atoms. The predicted molar refractivity (Wildman–Crippen MR) is 111 cm³/mol. The molecule has 0 bridgehead atoms. The van der Waals surface area contributed by atoms with Gasteiger partial charge < -0.3 is 15.4 Å². The van der Waals surface area contributed by atoms with Crippen molar-refractivity contribution in [3.8, 4) is 5.75 Å². The molecule has 0 saturated heterocycles. The number of benzene rings is 2. The summed E-state index contributed by atoms with van der Waals surface area (Å²) < 4.78 is 5.14. The van der Waals surface area contributed by atoms with Crippen LogP contribution in [0.15, 0.2) is 48.5 Å². The molecule has 0 aliphatic heterocycles. The second-order valence-corrected chi connectivity index (χ2v) is 8.12. The van der Waals surface area contributed by atoms with Crippen LogP contribution >= 0.6 is 11.8 Å². The number of thioether (sulfide) groups is 1. The van der Waals surface area contributed by atoms with E-state index in [1.165, 1.54) is 11.8 Å². The number of ether oxygens (including phenoxy) is 1.